The Labute approximate surface area is 106 Å². The first kappa shape index (κ1) is 14.9. The fourth-order valence-corrected chi connectivity index (χ4v) is 2.21. The van der Waals surface area contributed by atoms with Crippen molar-refractivity contribution in [2.75, 3.05) is 19.6 Å². The quantitative estimate of drug-likeness (QED) is 0.648. The van der Waals surface area contributed by atoms with Crippen molar-refractivity contribution in [2.24, 2.45) is 17.8 Å². The highest BCUT2D eigenvalue weighted by Gasteiger charge is 2.39. The van der Waals surface area contributed by atoms with Gasteiger partial charge in [0.2, 0.25) is 0 Å². The van der Waals surface area contributed by atoms with Gasteiger partial charge < -0.3 is 15.3 Å². The summed E-state index contributed by atoms with van der Waals surface area (Å²) in [4.78, 5) is 23.9. The monoisotopic (exact) mass is 259 g/mol. The van der Waals surface area contributed by atoms with Gasteiger partial charge in [0.25, 0.3) is 0 Å². The van der Waals surface area contributed by atoms with E-state index in [2.05, 4.69) is 0 Å². The Kier molecular flexibility index (Phi) is 5.10. The zero-order chi connectivity index (χ0) is 13.9. The van der Waals surface area contributed by atoms with E-state index in [1.54, 1.807) is 0 Å². The van der Waals surface area contributed by atoms with E-state index in [1.165, 1.54) is 0 Å². The molecule has 0 saturated carbocycles. The first-order chi connectivity index (χ1) is 8.32. The van der Waals surface area contributed by atoms with E-state index in [0.717, 1.165) is 0 Å². The molecule has 0 spiro atoms. The molecule has 1 heterocycles. The summed E-state index contributed by atoms with van der Waals surface area (Å²) in [5, 5.41) is 27.8. The molecule has 0 aromatic carbocycles. The number of aliphatic carboxylic acids is 2. The summed E-state index contributed by atoms with van der Waals surface area (Å²) >= 11 is 0. The van der Waals surface area contributed by atoms with Crippen LogP contribution in [0.5, 0.6) is 0 Å². The number of β-amino-alcohol motifs (C(OH)–C–C–N with tert-alkyl or cyclic N) is 1. The van der Waals surface area contributed by atoms with Crippen LogP contribution >= 0.6 is 0 Å². The van der Waals surface area contributed by atoms with Crippen molar-refractivity contribution in [1.29, 1.82) is 0 Å². The molecule has 6 nitrogen and oxygen atoms in total. The molecule has 1 rings (SSSR count). The van der Waals surface area contributed by atoms with Gasteiger partial charge in [-0.2, -0.15) is 0 Å². The van der Waals surface area contributed by atoms with E-state index in [0.29, 0.717) is 19.5 Å². The molecule has 1 saturated heterocycles. The van der Waals surface area contributed by atoms with Gasteiger partial charge in [0, 0.05) is 13.1 Å². The van der Waals surface area contributed by atoms with E-state index in [9.17, 15) is 14.7 Å². The molecule has 3 N–H and O–H groups in total. The van der Waals surface area contributed by atoms with Crippen molar-refractivity contribution in [3.8, 4) is 0 Å². The summed E-state index contributed by atoms with van der Waals surface area (Å²) in [6.45, 7) is 4.89. The fraction of sp³-hybridized carbons (Fsp3) is 0.833. The minimum atomic E-state index is -1.08. The van der Waals surface area contributed by atoms with Gasteiger partial charge in [-0.3, -0.25) is 14.5 Å². The van der Waals surface area contributed by atoms with Crippen molar-refractivity contribution >= 4 is 11.9 Å². The molecule has 0 aliphatic carbocycles. The molecule has 1 fully saturated rings. The molecule has 104 valence electrons. The van der Waals surface area contributed by atoms with E-state index in [-0.39, 0.29) is 12.5 Å². The van der Waals surface area contributed by atoms with Crippen molar-refractivity contribution in [3.63, 3.8) is 0 Å². The van der Waals surface area contributed by atoms with Gasteiger partial charge in [-0.25, -0.2) is 0 Å². The van der Waals surface area contributed by atoms with E-state index >= 15 is 0 Å². The van der Waals surface area contributed by atoms with Crippen LogP contribution in [0.3, 0.4) is 0 Å². The summed E-state index contributed by atoms with van der Waals surface area (Å²) in [5.74, 6) is -3.74. The molecule has 0 aromatic rings. The number of piperidine rings is 1. The molecule has 0 bridgehead atoms. The van der Waals surface area contributed by atoms with Gasteiger partial charge >= 0.3 is 11.9 Å². The van der Waals surface area contributed by atoms with Crippen LogP contribution < -0.4 is 0 Å². The molecular formula is C12H21NO5. The number of aliphatic hydroxyl groups excluding tert-OH is 1. The van der Waals surface area contributed by atoms with Crippen LogP contribution in [0.2, 0.25) is 0 Å². The zero-order valence-corrected chi connectivity index (χ0v) is 10.7. The molecular weight excluding hydrogens is 238 g/mol. The highest BCUT2D eigenvalue weighted by atomic mass is 16.4. The maximum absolute atomic E-state index is 11.1. The summed E-state index contributed by atoms with van der Waals surface area (Å²) < 4.78 is 0. The van der Waals surface area contributed by atoms with Gasteiger partial charge in [0.05, 0.1) is 17.9 Å². The molecule has 1 aliphatic heterocycles. The highest BCUT2D eigenvalue weighted by molar-refractivity contribution is 5.80. The van der Waals surface area contributed by atoms with Crippen LogP contribution in [-0.2, 0) is 9.59 Å². The number of nitrogens with zero attached hydrogens (tertiary/aromatic N) is 1. The van der Waals surface area contributed by atoms with E-state index < -0.39 is 29.9 Å². The molecule has 0 radical (unpaired) electrons. The molecule has 3 unspecified atom stereocenters. The van der Waals surface area contributed by atoms with E-state index in [1.807, 2.05) is 18.7 Å². The van der Waals surface area contributed by atoms with Crippen molar-refractivity contribution in [3.05, 3.63) is 0 Å². The van der Waals surface area contributed by atoms with Gasteiger partial charge in [0.1, 0.15) is 0 Å². The number of carboxylic acid groups (broad SMARTS) is 2. The average Bonchev–Trinajstić information content (AvgIpc) is 2.28. The Morgan fingerprint density at radius 1 is 1.22 bits per heavy atom. The van der Waals surface area contributed by atoms with Gasteiger partial charge in [0.15, 0.2) is 0 Å². The first-order valence-corrected chi connectivity index (χ1v) is 6.19. The van der Waals surface area contributed by atoms with Crippen LogP contribution in [0.25, 0.3) is 0 Å². The van der Waals surface area contributed by atoms with Crippen LogP contribution in [0.1, 0.15) is 20.3 Å². The van der Waals surface area contributed by atoms with Crippen molar-refractivity contribution in [2.45, 2.75) is 26.4 Å². The Balaban J connectivity index is 2.63. The lowest BCUT2D eigenvalue weighted by molar-refractivity contribution is -0.157. The summed E-state index contributed by atoms with van der Waals surface area (Å²) in [7, 11) is 0. The summed E-state index contributed by atoms with van der Waals surface area (Å²) in [6.07, 6.45) is -0.197. The van der Waals surface area contributed by atoms with Gasteiger partial charge in [-0.15, -0.1) is 0 Å². The summed E-state index contributed by atoms with van der Waals surface area (Å²) in [6, 6.07) is 0. The second-order valence-electron chi connectivity index (χ2n) is 5.25. The lowest BCUT2D eigenvalue weighted by Gasteiger charge is -2.36. The Bertz CT molecular complexity index is 318. The maximum Gasteiger partial charge on any atom is 0.308 e. The fourth-order valence-electron chi connectivity index (χ4n) is 2.21. The Hall–Kier alpha value is -1.14. The second kappa shape index (κ2) is 6.15. The third-order valence-electron chi connectivity index (χ3n) is 3.55. The number of carbonyl (C=O) groups is 2. The normalized spacial score (nSPS) is 27.1. The van der Waals surface area contributed by atoms with Crippen LogP contribution in [0.15, 0.2) is 0 Å². The zero-order valence-electron chi connectivity index (χ0n) is 10.7. The summed E-state index contributed by atoms with van der Waals surface area (Å²) in [5.41, 5.74) is 0. The smallest absolute Gasteiger partial charge is 0.308 e. The minimum Gasteiger partial charge on any atom is -0.481 e. The number of likely N-dealkylation sites (tertiary alicyclic amines) is 1. The molecule has 0 amide bonds. The molecule has 18 heavy (non-hydrogen) atoms. The predicted molar refractivity (Wildman–Crippen MR) is 64.2 cm³/mol. The number of rotatable bonds is 5. The van der Waals surface area contributed by atoms with Gasteiger partial charge in [-0.05, 0) is 18.9 Å². The standard InChI is InChI=1S/C12H21NO5/c1-7(2)10(14)6-13-4-3-8(11(15)16)9(5-13)12(17)18/h7-10,14H,3-6H2,1-2H3,(H,15,16)(H,17,18). The highest BCUT2D eigenvalue weighted by Crippen LogP contribution is 2.24. The topological polar surface area (TPSA) is 98.1 Å². The lowest BCUT2D eigenvalue weighted by atomic mass is 9.85. The molecule has 0 aromatic heterocycles. The van der Waals surface area contributed by atoms with Crippen LogP contribution in [0, 0.1) is 17.8 Å². The number of aliphatic hydroxyl groups is 1. The number of hydrogen-bond donors (Lipinski definition) is 3. The third kappa shape index (κ3) is 3.68. The average molecular weight is 259 g/mol. The largest absolute Gasteiger partial charge is 0.481 e. The van der Waals surface area contributed by atoms with Crippen LogP contribution in [-0.4, -0.2) is 57.9 Å². The maximum atomic E-state index is 11.1. The SMILES string of the molecule is CC(C)C(O)CN1CCC(C(=O)O)C(C(=O)O)C1. The van der Waals surface area contributed by atoms with Crippen molar-refractivity contribution < 1.29 is 24.9 Å². The van der Waals surface area contributed by atoms with Crippen LogP contribution in [0.4, 0.5) is 0 Å². The molecule has 6 heteroatoms. The predicted octanol–water partition coefficient (Wildman–Crippen LogP) is 0.111. The second-order valence-corrected chi connectivity index (χ2v) is 5.25. The number of carboxylic acids is 2. The number of hydrogen-bond acceptors (Lipinski definition) is 4. The molecule has 3 atom stereocenters. The van der Waals surface area contributed by atoms with E-state index in [4.69, 9.17) is 10.2 Å². The van der Waals surface area contributed by atoms with Crippen molar-refractivity contribution in [1.82, 2.24) is 4.90 Å². The van der Waals surface area contributed by atoms with Gasteiger partial charge in [-0.1, -0.05) is 13.8 Å². The third-order valence-corrected chi connectivity index (χ3v) is 3.55. The Morgan fingerprint density at radius 2 is 1.78 bits per heavy atom. The first-order valence-electron chi connectivity index (χ1n) is 6.19. The Morgan fingerprint density at radius 3 is 2.22 bits per heavy atom. The minimum absolute atomic E-state index is 0.102. The molecule has 1 aliphatic rings. The lowest BCUT2D eigenvalue weighted by Crippen LogP contribution is -2.49.